The molecule has 5 nitrogen and oxygen atoms in total. The van der Waals surface area contributed by atoms with Gasteiger partial charge in [-0.05, 0) is 32.9 Å². The second-order valence-electron chi connectivity index (χ2n) is 6.12. The Morgan fingerprint density at radius 3 is 2.40 bits per heavy atom. The van der Waals surface area contributed by atoms with Gasteiger partial charge in [0.25, 0.3) is 0 Å². The van der Waals surface area contributed by atoms with Crippen LogP contribution in [0.1, 0.15) is 30.3 Å². The van der Waals surface area contributed by atoms with Crippen LogP contribution in [0, 0.1) is 13.8 Å². The number of carbonyl (C=O) groups excluding carboxylic acids is 1. The maximum absolute atomic E-state index is 12.6. The summed E-state index contributed by atoms with van der Waals surface area (Å²) in [5.74, 6) is -0.881. The quantitative estimate of drug-likeness (QED) is 0.867. The Morgan fingerprint density at radius 2 is 1.84 bits per heavy atom. The number of hydrogen-bond donors (Lipinski definition) is 2. The molecule has 1 heterocycles. The first-order chi connectivity index (χ1) is 11.5. The molecule has 0 bridgehead atoms. The highest BCUT2D eigenvalue weighted by molar-refractivity contribution is 5.77. The number of benzene rings is 1. The third kappa shape index (κ3) is 4.19. The van der Waals surface area contributed by atoms with Crippen LogP contribution < -0.4 is 5.32 Å². The second-order valence-corrected chi connectivity index (χ2v) is 6.12. The van der Waals surface area contributed by atoms with Crippen LogP contribution in [0.4, 0.5) is 13.2 Å². The number of aliphatic hydroxyl groups is 1. The summed E-state index contributed by atoms with van der Waals surface area (Å²) in [5.41, 5.74) is -0.0320. The molecule has 0 saturated heterocycles. The molecule has 136 valence electrons. The fourth-order valence-corrected chi connectivity index (χ4v) is 2.41. The van der Waals surface area contributed by atoms with E-state index in [4.69, 9.17) is 0 Å². The van der Waals surface area contributed by atoms with E-state index in [0.717, 1.165) is 16.9 Å². The predicted octanol–water partition coefficient (Wildman–Crippen LogP) is 2.81. The zero-order valence-electron chi connectivity index (χ0n) is 14.2. The zero-order valence-corrected chi connectivity index (χ0v) is 14.2. The molecule has 0 spiro atoms. The second kappa shape index (κ2) is 6.87. The number of nitrogens with zero attached hydrogens (tertiary/aromatic N) is 2. The number of rotatable bonds is 5. The largest absolute Gasteiger partial charge is 0.417 e. The fraction of sp³-hybridized carbons (Fsp3) is 0.412. The third-order valence-corrected chi connectivity index (χ3v) is 4.02. The Labute approximate surface area is 143 Å². The van der Waals surface area contributed by atoms with E-state index in [0.29, 0.717) is 12.6 Å². The van der Waals surface area contributed by atoms with Gasteiger partial charge in [-0.3, -0.25) is 4.79 Å². The Balaban J connectivity index is 2.09. The smallest absolute Gasteiger partial charge is 0.380 e. The molecule has 1 atom stereocenters. The highest BCUT2D eigenvalue weighted by Gasteiger charge is 2.50. The highest BCUT2D eigenvalue weighted by Crippen LogP contribution is 2.32. The van der Waals surface area contributed by atoms with E-state index in [1.54, 1.807) is 11.6 Å². The van der Waals surface area contributed by atoms with Gasteiger partial charge < -0.3 is 10.4 Å². The highest BCUT2D eigenvalue weighted by atomic mass is 19.4. The molecule has 1 aromatic carbocycles. The molecule has 1 amide bonds. The summed E-state index contributed by atoms with van der Waals surface area (Å²) in [6, 6.07) is 9.37. The van der Waals surface area contributed by atoms with Gasteiger partial charge in [-0.1, -0.05) is 18.2 Å². The third-order valence-electron chi connectivity index (χ3n) is 4.02. The summed E-state index contributed by atoms with van der Waals surface area (Å²) >= 11 is 0. The van der Waals surface area contributed by atoms with Gasteiger partial charge in [0.2, 0.25) is 5.91 Å². The van der Waals surface area contributed by atoms with Crippen molar-refractivity contribution in [1.29, 1.82) is 0 Å². The van der Waals surface area contributed by atoms with Gasteiger partial charge in [0, 0.05) is 17.8 Å². The van der Waals surface area contributed by atoms with Crippen LogP contribution in [-0.4, -0.2) is 32.6 Å². The van der Waals surface area contributed by atoms with Crippen molar-refractivity contribution in [1.82, 2.24) is 15.1 Å². The molecule has 0 unspecified atom stereocenters. The van der Waals surface area contributed by atoms with Crippen LogP contribution in [-0.2, 0) is 11.3 Å². The monoisotopic (exact) mass is 355 g/mol. The van der Waals surface area contributed by atoms with Crippen molar-refractivity contribution in [3.63, 3.8) is 0 Å². The molecule has 25 heavy (non-hydrogen) atoms. The molecule has 2 aromatic rings. The molecular weight excluding hydrogens is 335 g/mol. The minimum absolute atomic E-state index is 0.0390. The predicted molar refractivity (Wildman–Crippen MR) is 86.2 cm³/mol. The number of nitrogens with one attached hydrogen (secondary N) is 1. The van der Waals surface area contributed by atoms with E-state index < -0.39 is 24.1 Å². The summed E-state index contributed by atoms with van der Waals surface area (Å²) in [6.45, 7) is 4.20. The first-order valence-electron chi connectivity index (χ1n) is 7.69. The normalized spacial score (nSPS) is 14.2. The Bertz CT molecular complexity index is 752. The maximum Gasteiger partial charge on any atom is 0.417 e. The van der Waals surface area contributed by atoms with Gasteiger partial charge in [0.05, 0.1) is 17.8 Å². The lowest BCUT2D eigenvalue weighted by atomic mass is 10.0. The summed E-state index contributed by atoms with van der Waals surface area (Å²) in [7, 11) is 0. The average molecular weight is 355 g/mol. The summed E-state index contributed by atoms with van der Waals surface area (Å²) in [4.78, 5) is 11.8. The summed E-state index contributed by atoms with van der Waals surface area (Å²) in [5, 5.41) is 16.2. The molecule has 0 fully saturated rings. The number of halogens is 3. The molecule has 1 aromatic heterocycles. The number of aryl methyl sites for hydroxylation is 1. The number of hydrogen-bond acceptors (Lipinski definition) is 3. The molecule has 0 saturated carbocycles. The molecule has 0 aliphatic heterocycles. The molecule has 2 N–H and O–H groups in total. The van der Waals surface area contributed by atoms with Crippen LogP contribution in [0.15, 0.2) is 30.3 Å². The summed E-state index contributed by atoms with van der Waals surface area (Å²) < 4.78 is 39.6. The van der Waals surface area contributed by atoms with Gasteiger partial charge in [-0.2, -0.15) is 18.3 Å². The topological polar surface area (TPSA) is 67.2 Å². The number of amides is 1. The number of para-hydroxylation sites is 1. The van der Waals surface area contributed by atoms with Crippen molar-refractivity contribution in [2.75, 3.05) is 0 Å². The number of alkyl halides is 3. The molecule has 0 aliphatic carbocycles. The van der Waals surface area contributed by atoms with E-state index in [2.05, 4.69) is 10.4 Å². The minimum Gasteiger partial charge on any atom is -0.380 e. The lowest BCUT2D eigenvalue weighted by Gasteiger charge is -2.25. The Morgan fingerprint density at radius 1 is 1.24 bits per heavy atom. The number of carbonyl (C=O) groups is 1. The molecule has 0 aliphatic rings. The van der Waals surface area contributed by atoms with Crippen molar-refractivity contribution in [3.05, 3.63) is 47.3 Å². The van der Waals surface area contributed by atoms with Crippen molar-refractivity contribution in [2.45, 2.75) is 45.5 Å². The maximum atomic E-state index is 12.6. The van der Waals surface area contributed by atoms with E-state index in [9.17, 15) is 23.1 Å². The molecule has 2 rings (SSSR count). The van der Waals surface area contributed by atoms with E-state index in [1.807, 2.05) is 37.3 Å². The van der Waals surface area contributed by atoms with Gasteiger partial charge in [0.15, 0.2) is 5.60 Å². The van der Waals surface area contributed by atoms with Gasteiger partial charge >= 0.3 is 6.18 Å². The van der Waals surface area contributed by atoms with Gasteiger partial charge in [0.1, 0.15) is 0 Å². The van der Waals surface area contributed by atoms with Crippen molar-refractivity contribution >= 4 is 5.91 Å². The lowest BCUT2D eigenvalue weighted by molar-refractivity contribution is -0.253. The van der Waals surface area contributed by atoms with Crippen molar-refractivity contribution < 1.29 is 23.1 Å². The minimum atomic E-state index is -4.87. The Hall–Kier alpha value is -2.35. The van der Waals surface area contributed by atoms with E-state index in [-0.39, 0.29) is 6.54 Å². The van der Waals surface area contributed by atoms with Crippen molar-refractivity contribution in [2.24, 2.45) is 0 Å². The molecule has 0 radical (unpaired) electrons. The average Bonchev–Trinajstić information content (AvgIpc) is 2.79. The van der Waals surface area contributed by atoms with Crippen LogP contribution >= 0.6 is 0 Å². The fourth-order valence-electron chi connectivity index (χ4n) is 2.41. The first-order valence-corrected chi connectivity index (χ1v) is 7.69. The van der Waals surface area contributed by atoms with Crippen LogP contribution in [0.5, 0.6) is 0 Å². The first kappa shape index (κ1) is 19.0. The summed E-state index contributed by atoms with van der Waals surface area (Å²) in [6.07, 6.45) is -5.92. The van der Waals surface area contributed by atoms with Gasteiger partial charge in [-0.15, -0.1) is 0 Å². The lowest BCUT2D eigenvalue weighted by Crippen LogP contribution is -2.46. The van der Waals surface area contributed by atoms with E-state index >= 15 is 0 Å². The molecule has 8 heteroatoms. The number of aromatic nitrogens is 2. The molecular formula is C17H20F3N3O2. The van der Waals surface area contributed by atoms with Crippen LogP contribution in [0.3, 0.4) is 0 Å². The van der Waals surface area contributed by atoms with Crippen molar-refractivity contribution in [3.8, 4) is 5.69 Å². The van der Waals surface area contributed by atoms with Gasteiger partial charge in [-0.25, -0.2) is 4.68 Å². The van der Waals surface area contributed by atoms with E-state index in [1.165, 1.54) is 0 Å². The van der Waals surface area contributed by atoms with Crippen LogP contribution in [0.2, 0.25) is 0 Å². The standard InChI is InChI=1S/C17H20F3N3O2/c1-11-14(10-21-15(24)9-16(3,25)17(18,19)20)12(2)23(22-11)13-7-5-4-6-8-13/h4-8,25H,9-10H2,1-3H3,(H,21,24)/t16-/m0/s1. The Kier molecular flexibility index (Phi) is 5.22. The zero-order chi connectivity index (χ0) is 18.8. The van der Waals surface area contributed by atoms with Crippen LogP contribution in [0.25, 0.3) is 5.69 Å². The SMILES string of the molecule is Cc1nn(-c2ccccc2)c(C)c1CNC(=O)C[C@](C)(O)C(F)(F)F.